The second-order valence-corrected chi connectivity index (χ2v) is 3.34. The van der Waals surface area contributed by atoms with E-state index >= 15 is 0 Å². The van der Waals surface area contributed by atoms with Gasteiger partial charge in [-0.05, 0) is 37.6 Å². The zero-order valence-electron chi connectivity index (χ0n) is 9.16. The summed E-state index contributed by atoms with van der Waals surface area (Å²) in [5.41, 5.74) is 0.756. The Balaban J connectivity index is 2.58. The van der Waals surface area contributed by atoms with Crippen LogP contribution in [0.25, 0.3) is 0 Å². The minimum absolute atomic E-state index is 0.182. The summed E-state index contributed by atoms with van der Waals surface area (Å²) in [6, 6.07) is 7.30. The predicted octanol–water partition coefficient (Wildman–Crippen LogP) is 3.27. The van der Waals surface area contributed by atoms with Gasteiger partial charge in [-0.15, -0.1) is 0 Å². The zero-order valence-corrected chi connectivity index (χ0v) is 9.16. The molecule has 0 aromatic heterocycles. The molecule has 0 amide bonds. The lowest BCUT2D eigenvalue weighted by Crippen LogP contribution is -1.99. The molecular formula is C13H17O2. The third-order valence-electron chi connectivity index (χ3n) is 2.14. The topological polar surface area (TPSA) is 26.3 Å². The van der Waals surface area contributed by atoms with E-state index in [1.54, 1.807) is 0 Å². The summed E-state index contributed by atoms with van der Waals surface area (Å²) in [6.07, 6.45) is 2.24. The van der Waals surface area contributed by atoms with Gasteiger partial charge in [0.25, 0.3) is 0 Å². The van der Waals surface area contributed by atoms with Crippen LogP contribution in [0.2, 0.25) is 0 Å². The van der Waals surface area contributed by atoms with Gasteiger partial charge in [0, 0.05) is 12.0 Å². The molecule has 1 radical (unpaired) electrons. The standard InChI is InChI=1S/C13H17O2/c1-3-5-6-13(14)11-7-9-12(10-8-11)15-4-2/h7-10H,1,3-6H2,2H3. The van der Waals surface area contributed by atoms with E-state index in [-0.39, 0.29) is 5.78 Å². The maximum atomic E-state index is 11.6. The maximum absolute atomic E-state index is 11.6. The van der Waals surface area contributed by atoms with Gasteiger partial charge < -0.3 is 4.74 Å². The Morgan fingerprint density at radius 3 is 2.53 bits per heavy atom. The average Bonchev–Trinajstić information content (AvgIpc) is 2.27. The van der Waals surface area contributed by atoms with E-state index in [0.717, 1.165) is 24.2 Å². The molecule has 0 saturated carbocycles. The smallest absolute Gasteiger partial charge is 0.162 e. The Labute approximate surface area is 91.3 Å². The van der Waals surface area contributed by atoms with Crippen LogP contribution in [0.5, 0.6) is 5.75 Å². The van der Waals surface area contributed by atoms with Crippen LogP contribution in [0.1, 0.15) is 36.5 Å². The third-order valence-corrected chi connectivity index (χ3v) is 2.14. The summed E-state index contributed by atoms with van der Waals surface area (Å²) in [6.45, 7) is 6.30. The van der Waals surface area contributed by atoms with E-state index in [2.05, 4.69) is 6.92 Å². The van der Waals surface area contributed by atoms with E-state index < -0.39 is 0 Å². The van der Waals surface area contributed by atoms with Gasteiger partial charge in [0.1, 0.15) is 5.75 Å². The molecule has 0 aliphatic carbocycles. The van der Waals surface area contributed by atoms with Crippen molar-refractivity contribution in [1.29, 1.82) is 0 Å². The van der Waals surface area contributed by atoms with Crippen LogP contribution >= 0.6 is 0 Å². The first-order valence-electron chi connectivity index (χ1n) is 5.33. The Morgan fingerprint density at radius 2 is 2.00 bits per heavy atom. The molecule has 15 heavy (non-hydrogen) atoms. The van der Waals surface area contributed by atoms with Crippen LogP contribution in [-0.2, 0) is 0 Å². The SMILES string of the molecule is [CH2]CCCC(=O)c1ccc(OCC)cc1. The fraction of sp³-hybridized carbons (Fsp3) is 0.385. The van der Waals surface area contributed by atoms with Crippen molar-refractivity contribution in [3.63, 3.8) is 0 Å². The highest BCUT2D eigenvalue weighted by atomic mass is 16.5. The molecule has 1 aromatic rings. The molecule has 0 aliphatic rings. The van der Waals surface area contributed by atoms with Gasteiger partial charge in [-0.1, -0.05) is 13.3 Å². The molecule has 0 saturated heterocycles. The van der Waals surface area contributed by atoms with Crippen LogP contribution in [0, 0.1) is 6.92 Å². The number of unbranched alkanes of at least 4 members (excludes halogenated alkanes) is 1. The van der Waals surface area contributed by atoms with E-state index in [9.17, 15) is 4.79 Å². The van der Waals surface area contributed by atoms with Crippen LogP contribution < -0.4 is 4.74 Å². The highest BCUT2D eigenvalue weighted by Crippen LogP contribution is 2.14. The second kappa shape index (κ2) is 6.23. The van der Waals surface area contributed by atoms with Gasteiger partial charge in [-0.3, -0.25) is 4.79 Å². The Hall–Kier alpha value is -1.31. The van der Waals surface area contributed by atoms with E-state index in [0.29, 0.717) is 13.0 Å². The third kappa shape index (κ3) is 3.74. The maximum Gasteiger partial charge on any atom is 0.162 e. The van der Waals surface area contributed by atoms with Crippen LogP contribution in [0.3, 0.4) is 0 Å². The van der Waals surface area contributed by atoms with Gasteiger partial charge in [-0.2, -0.15) is 0 Å². The fourth-order valence-electron chi connectivity index (χ4n) is 1.33. The van der Waals surface area contributed by atoms with Crippen LogP contribution in [0.4, 0.5) is 0 Å². The molecule has 1 rings (SSSR count). The monoisotopic (exact) mass is 205 g/mol. The number of carbonyl (C=O) groups is 1. The molecule has 0 atom stereocenters. The lowest BCUT2D eigenvalue weighted by Gasteiger charge is -2.04. The number of benzene rings is 1. The fourth-order valence-corrected chi connectivity index (χ4v) is 1.33. The zero-order chi connectivity index (χ0) is 11.1. The number of hydrogen-bond acceptors (Lipinski definition) is 2. The average molecular weight is 205 g/mol. The van der Waals surface area contributed by atoms with Crippen molar-refractivity contribution in [3.8, 4) is 5.75 Å². The molecule has 0 N–H and O–H groups in total. The second-order valence-electron chi connectivity index (χ2n) is 3.34. The number of hydrogen-bond donors (Lipinski definition) is 0. The molecule has 81 valence electrons. The number of Topliss-reactive ketones (excluding diaryl/α,β-unsaturated/α-hetero) is 1. The predicted molar refractivity (Wildman–Crippen MR) is 61.1 cm³/mol. The molecule has 0 unspecified atom stereocenters. The summed E-state index contributed by atoms with van der Waals surface area (Å²) in [5, 5.41) is 0. The summed E-state index contributed by atoms with van der Waals surface area (Å²) in [7, 11) is 0. The van der Waals surface area contributed by atoms with Crippen molar-refractivity contribution in [3.05, 3.63) is 36.8 Å². The molecule has 0 bridgehead atoms. The summed E-state index contributed by atoms with van der Waals surface area (Å²) >= 11 is 0. The first-order chi connectivity index (χ1) is 7.27. The van der Waals surface area contributed by atoms with Crippen molar-refractivity contribution >= 4 is 5.78 Å². The Morgan fingerprint density at radius 1 is 1.33 bits per heavy atom. The number of ketones is 1. The summed E-state index contributed by atoms with van der Waals surface area (Å²) in [4.78, 5) is 11.6. The van der Waals surface area contributed by atoms with Crippen LogP contribution in [-0.4, -0.2) is 12.4 Å². The highest BCUT2D eigenvalue weighted by molar-refractivity contribution is 5.96. The van der Waals surface area contributed by atoms with Crippen molar-refractivity contribution in [1.82, 2.24) is 0 Å². The quantitative estimate of drug-likeness (QED) is 0.666. The van der Waals surface area contributed by atoms with Gasteiger partial charge >= 0.3 is 0 Å². The normalized spacial score (nSPS) is 10.0. The summed E-state index contributed by atoms with van der Waals surface area (Å²) < 4.78 is 5.30. The lowest BCUT2D eigenvalue weighted by atomic mass is 10.1. The first-order valence-corrected chi connectivity index (χ1v) is 5.33. The first kappa shape index (κ1) is 11.8. The van der Waals surface area contributed by atoms with Crippen molar-refractivity contribution in [2.45, 2.75) is 26.2 Å². The van der Waals surface area contributed by atoms with E-state index in [1.165, 1.54) is 0 Å². The molecule has 0 aliphatic heterocycles. The Bertz CT molecular complexity index is 301. The molecular weight excluding hydrogens is 188 g/mol. The molecule has 0 fully saturated rings. The van der Waals surface area contributed by atoms with E-state index in [4.69, 9.17) is 4.74 Å². The molecule has 2 nitrogen and oxygen atoms in total. The van der Waals surface area contributed by atoms with Gasteiger partial charge in [0.05, 0.1) is 6.61 Å². The minimum atomic E-state index is 0.182. The van der Waals surface area contributed by atoms with Crippen molar-refractivity contribution in [2.24, 2.45) is 0 Å². The largest absolute Gasteiger partial charge is 0.494 e. The van der Waals surface area contributed by atoms with Gasteiger partial charge in [0.2, 0.25) is 0 Å². The number of rotatable bonds is 6. The van der Waals surface area contributed by atoms with E-state index in [1.807, 2.05) is 31.2 Å². The van der Waals surface area contributed by atoms with Gasteiger partial charge in [0.15, 0.2) is 5.78 Å². The number of ether oxygens (including phenoxy) is 1. The van der Waals surface area contributed by atoms with Crippen molar-refractivity contribution in [2.75, 3.05) is 6.61 Å². The number of carbonyl (C=O) groups excluding carboxylic acids is 1. The molecule has 1 aromatic carbocycles. The summed E-state index contributed by atoms with van der Waals surface area (Å²) in [5.74, 6) is 0.993. The Kier molecular flexibility index (Phi) is 4.88. The van der Waals surface area contributed by atoms with Gasteiger partial charge in [-0.25, -0.2) is 0 Å². The van der Waals surface area contributed by atoms with Crippen LogP contribution in [0.15, 0.2) is 24.3 Å². The lowest BCUT2D eigenvalue weighted by molar-refractivity contribution is 0.0980. The van der Waals surface area contributed by atoms with Crippen molar-refractivity contribution < 1.29 is 9.53 Å². The minimum Gasteiger partial charge on any atom is -0.494 e. The molecule has 0 heterocycles. The highest BCUT2D eigenvalue weighted by Gasteiger charge is 2.04. The molecule has 2 heteroatoms. The molecule has 0 spiro atoms.